The molecule has 1 unspecified atom stereocenters. The maximum Gasteiger partial charge on any atom is 0.251 e. The number of ether oxygens (including phenoxy) is 2. The molecule has 1 N–H and O–H groups in total. The van der Waals surface area contributed by atoms with Gasteiger partial charge in [0.15, 0.2) is 11.5 Å². The maximum atomic E-state index is 12.2. The Kier molecular flexibility index (Phi) is 3.60. The van der Waals surface area contributed by atoms with Crippen LogP contribution in [0.4, 0.5) is 0 Å². The third-order valence-corrected chi connectivity index (χ3v) is 3.87. The molecule has 4 nitrogen and oxygen atoms in total. The van der Waals surface area contributed by atoms with E-state index in [0.717, 1.165) is 6.42 Å². The van der Waals surface area contributed by atoms with Crippen molar-refractivity contribution in [3.8, 4) is 11.5 Å². The normalized spacial score (nSPS) is 14.1. The fourth-order valence-corrected chi connectivity index (χ4v) is 2.84. The van der Waals surface area contributed by atoms with Crippen molar-refractivity contribution in [1.82, 2.24) is 5.32 Å². The molecule has 0 aliphatic carbocycles. The van der Waals surface area contributed by atoms with Crippen LogP contribution < -0.4 is 14.8 Å². The van der Waals surface area contributed by atoms with E-state index >= 15 is 0 Å². The van der Waals surface area contributed by atoms with E-state index in [4.69, 9.17) is 9.47 Å². The van der Waals surface area contributed by atoms with Gasteiger partial charge in [-0.25, -0.2) is 0 Å². The molecule has 20 heavy (non-hydrogen) atoms. The lowest BCUT2D eigenvalue weighted by molar-refractivity contribution is 0.0939. The molecule has 3 rings (SSSR count). The van der Waals surface area contributed by atoms with Gasteiger partial charge >= 0.3 is 0 Å². The molecule has 1 aliphatic rings. The highest BCUT2D eigenvalue weighted by Crippen LogP contribution is 2.32. The van der Waals surface area contributed by atoms with Crippen molar-refractivity contribution in [3.63, 3.8) is 0 Å². The second kappa shape index (κ2) is 5.54. The molecule has 5 heteroatoms. The second-order valence-electron chi connectivity index (χ2n) is 4.78. The highest BCUT2D eigenvalue weighted by atomic mass is 32.1. The summed E-state index contributed by atoms with van der Waals surface area (Å²) in [7, 11) is 0. The van der Waals surface area contributed by atoms with Crippen LogP contribution >= 0.6 is 11.3 Å². The smallest absolute Gasteiger partial charge is 0.251 e. The average Bonchev–Trinajstić information content (AvgIpc) is 3.07. The molecule has 0 saturated heterocycles. The zero-order chi connectivity index (χ0) is 13.9. The summed E-state index contributed by atoms with van der Waals surface area (Å²) >= 11 is 1.67. The number of carbonyl (C=O) groups is 1. The van der Waals surface area contributed by atoms with Gasteiger partial charge in [-0.1, -0.05) is 0 Å². The van der Waals surface area contributed by atoms with Crippen LogP contribution in [0.2, 0.25) is 0 Å². The Morgan fingerprint density at radius 1 is 1.35 bits per heavy atom. The van der Waals surface area contributed by atoms with Gasteiger partial charge in [0.05, 0.1) is 0 Å². The van der Waals surface area contributed by atoms with Crippen LogP contribution in [0, 0.1) is 0 Å². The number of hydrogen-bond acceptors (Lipinski definition) is 4. The fraction of sp³-hybridized carbons (Fsp3) is 0.267. The van der Waals surface area contributed by atoms with Gasteiger partial charge in [-0.2, -0.15) is 11.3 Å². The van der Waals surface area contributed by atoms with E-state index in [9.17, 15) is 4.79 Å². The summed E-state index contributed by atoms with van der Waals surface area (Å²) in [5.41, 5.74) is 1.83. The van der Waals surface area contributed by atoms with Gasteiger partial charge in [-0.05, 0) is 53.9 Å². The molecule has 0 bridgehead atoms. The third kappa shape index (κ3) is 2.77. The summed E-state index contributed by atoms with van der Waals surface area (Å²) in [5, 5.41) is 7.14. The van der Waals surface area contributed by atoms with Crippen molar-refractivity contribution in [2.75, 3.05) is 6.79 Å². The molecule has 2 aromatic rings. The predicted octanol–water partition coefficient (Wildman–Crippen LogP) is 2.84. The third-order valence-electron chi connectivity index (χ3n) is 3.13. The fourth-order valence-electron chi connectivity index (χ4n) is 2.16. The minimum Gasteiger partial charge on any atom is -0.454 e. The number of thiophene rings is 1. The van der Waals surface area contributed by atoms with Gasteiger partial charge in [0.25, 0.3) is 5.91 Å². The molecular weight excluding hydrogens is 274 g/mol. The van der Waals surface area contributed by atoms with Crippen LogP contribution in [0.3, 0.4) is 0 Å². The number of hydrogen-bond donors (Lipinski definition) is 1. The first-order valence-corrected chi connectivity index (χ1v) is 7.38. The Balaban J connectivity index is 1.64. The molecule has 0 fully saturated rings. The molecule has 1 aliphatic heterocycles. The molecule has 1 aromatic carbocycles. The molecule has 0 saturated carbocycles. The SMILES string of the molecule is CC(Cc1ccsc1)NC(=O)c1ccc2c(c1)OCO2. The second-order valence-corrected chi connectivity index (χ2v) is 5.56. The number of carbonyl (C=O) groups excluding carboxylic acids is 1. The van der Waals surface area contributed by atoms with Crippen LogP contribution in [-0.4, -0.2) is 18.7 Å². The van der Waals surface area contributed by atoms with E-state index in [2.05, 4.69) is 16.8 Å². The highest BCUT2D eigenvalue weighted by Gasteiger charge is 2.17. The molecule has 0 spiro atoms. The Labute approximate surface area is 121 Å². The number of rotatable bonds is 4. The Hall–Kier alpha value is -2.01. The lowest BCUT2D eigenvalue weighted by atomic mass is 10.1. The van der Waals surface area contributed by atoms with Crippen LogP contribution in [0.15, 0.2) is 35.0 Å². The first-order chi connectivity index (χ1) is 9.72. The molecule has 104 valence electrons. The van der Waals surface area contributed by atoms with Gasteiger partial charge < -0.3 is 14.8 Å². The van der Waals surface area contributed by atoms with E-state index in [1.807, 2.05) is 12.3 Å². The van der Waals surface area contributed by atoms with Crippen molar-refractivity contribution in [1.29, 1.82) is 0 Å². The molecule has 1 amide bonds. The topological polar surface area (TPSA) is 47.6 Å². The monoisotopic (exact) mass is 289 g/mol. The van der Waals surface area contributed by atoms with Gasteiger partial charge in [0.1, 0.15) is 0 Å². The summed E-state index contributed by atoms with van der Waals surface area (Å²) in [6, 6.07) is 7.40. The number of fused-ring (bicyclic) bond motifs is 1. The Bertz CT molecular complexity index is 610. The zero-order valence-corrected chi connectivity index (χ0v) is 11.9. The van der Waals surface area contributed by atoms with Gasteiger partial charge in [0.2, 0.25) is 6.79 Å². The van der Waals surface area contributed by atoms with Crippen molar-refractivity contribution >= 4 is 17.2 Å². The minimum atomic E-state index is -0.0916. The average molecular weight is 289 g/mol. The van der Waals surface area contributed by atoms with E-state index < -0.39 is 0 Å². The van der Waals surface area contributed by atoms with Crippen LogP contribution in [-0.2, 0) is 6.42 Å². The summed E-state index contributed by atoms with van der Waals surface area (Å²) in [6.07, 6.45) is 0.833. The lowest BCUT2D eigenvalue weighted by Crippen LogP contribution is -2.33. The van der Waals surface area contributed by atoms with E-state index in [0.29, 0.717) is 17.1 Å². The van der Waals surface area contributed by atoms with Crippen LogP contribution in [0.5, 0.6) is 11.5 Å². The quantitative estimate of drug-likeness (QED) is 0.941. The zero-order valence-electron chi connectivity index (χ0n) is 11.1. The van der Waals surface area contributed by atoms with Crippen LogP contribution in [0.25, 0.3) is 0 Å². The van der Waals surface area contributed by atoms with Gasteiger partial charge in [0, 0.05) is 11.6 Å². The summed E-state index contributed by atoms with van der Waals surface area (Å²) in [4.78, 5) is 12.2. The molecule has 1 atom stereocenters. The van der Waals surface area contributed by atoms with E-state index in [1.54, 1.807) is 29.5 Å². The largest absolute Gasteiger partial charge is 0.454 e. The van der Waals surface area contributed by atoms with E-state index in [1.165, 1.54) is 5.56 Å². The molecule has 0 radical (unpaired) electrons. The van der Waals surface area contributed by atoms with Crippen molar-refractivity contribution in [2.45, 2.75) is 19.4 Å². The molecule has 1 aromatic heterocycles. The first kappa shape index (κ1) is 13.0. The van der Waals surface area contributed by atoms with Gasteiger partial charge in [-0.15, -0.1) is 0 Å². The lowest BCUT2D eigenvalue weighted by Gasteiger charge is -2.13. The summed E-state index contributed by atoms with van der Waals surface area (Å²) in [6.45, 7) is 2.22. The van der Waals surface area contributed by atoms with Crippen molar-refractivity contribution in [3.05, 3.63) is 46.2 Å². The predicted molar refractivity (Wildman–Crippen MR) is 77.5 cm³/mol. The van der Waals surface area contributed by atoms with Crippen molar-refractivity contribution in [2.24, 2.45) is 0 Å². The summed E-state index contributed by atoms with van der Waals surface area (Å²) in [5.74, 6) is 1.22. The Morgan fingerprint density at radius 2 is 2.20 bits per heavy atom. The van der Waals surface area contributed by atoms with E-state index in [-0.39, 0.29) is 18.7 Å². The highest BCUT2D eigenvalue weighted by molar-refractivity contribution is 7.07. The van der Waals surface area contributed by atoms with Crippen LogP contribution in [0.1, 0.15) is 22.8 Å². The minimum absolute atomic E-state index is 0.0857. The maximum absolute atomic E-state index is 12.2. The Morgan fingerprint density at radius 3 is 3.00 bits per heavy atom. The van der Waals surface area contributed by atoms with Crippen molar-refractivity contribution < 1.29 is 14.3 Å². The summed E-state index contributed by atoms with van der Waals surface area (Å²) < 4.78 is 10.5. The molecular formula is C15H15NO3S. The number of nitrogens with one attached hydrogen (secondary N) is 1. The standard InChI is InChI=1S/C15H15NO3S/c1-10(6-11-4-5-20-8-11)16-15(17)12-2-3-13-14(7-12)19-9-18-13/h2-5,7-8,10H,6,9H2,1H3,(H,16,17). The van der Waals surface area contributed by atoms with Gasteiger partial charge in [-0.3, -0.25) is 4.79 Å². The molecule has 2 heterocycles. The first-order valence-electron chi connectivity index (χ1n) is 6.44. The number of benzene rings is 1. The number of amides is 1.